The van der Waals surface area contributed by atoms with Gasteiger partial charge in [0.05, 0.1) is 11.4 Å². The molecule has 4 nitrogen and oxygen atoms in total. The number of benzene rings is 1. The number of carbonyl (C=O) groups is 1. The Labute approximate surface area is 149 Å². The first-order chi connectivity index (χ1) is 11.0. The molecule has 1 atom stereocenters. The van der Waals surface area contributed by atoms with Gasteiger partial charge in [-0.1, -0.05) is 41.3 Å². The van der Waals surface area contributed by atoms with Gasteiger partial charge in [-0.25, -0.2) is 4.68 Å². The number of hydrogen-bond acceptors (Lipinski definition) is 5. The molecule has 1 amide bonds. The zero-order chi connectivity index (χ0) is 16.4. The number of amides is 1. The second-order valence-electron chi connectivity index (χ2n) is 5.81. The molecular weight excluding hydrogens is 346 g/mol. The summed E-state index contributed by atoms with van der Waals surface area (Å²) in [4.78, 5) is 12.0. The summed E-state index contributed by atoms with van der Waals surface area (Å²) >= 11 is 8.30. The molecule has 1 heterocycles. The Morgan fingerprint density at radius 2 is 2.26 bits per heavy atom. The number of thioether (sulfide) groups is 1. The van der Waals surface area contributed by atoms with E-state index in [1.807, 2.05) is 31.2 Å². The summed E-state index contributed by atoms with van der Waals surface area (Å²) in [6.07, 6.45) is 2.47. The Hall–Kier alpha value is -1.18. The Balaban J connectivity index is 1.63. The molecule has 0 saturated heterocycles. The van der Waals surface area contributed by atoms with E-state index in [9.17, 15) is 4.79 Å². The number of hydrogen-bond donors (Lipinski definition) is 1. The predicted octanol–water partition coefficient (Wildman–Crippen LogP) is 3.98. The van der Waals surface area contributed by atoms with Crippen LogP contribution in [0.1, 0.15) is 25.3 Å². The van der Waals surface area contributed by atoms with E-state index in [-0.39, 0.29) is 11.9 Å². The van der Waals surface area contributed by atoms with Crippen molar-refractivity contribution in [2.24, 2.45) is 5.92 Å². The summed E-state index contributed by atoms with van der Waals surface area (Å²) < 4.78 is 3.31. The van der Waals surface area contributed by atoms with Crippen LogP contribution in [0.15, 0.2) is 28.6 Å². The molecule has 23 heavy (non-hydrogen) atoms. The molecular formula is C16H19N3OS3. The molecule has 1 aromatic carbocycles. The fraction of sp³-hybridized carbons (Fsp3) is 0.438. The minimum atomic E-state index is 0.0676. The standard InChI is InChI=1S/C16H19N3OS3/c1-10-5-3-4-6-13(10)19-16(21)23-15(18-19)22-9-14(20)17-11(2)12-7-8-12/h3-6,11-12H,7-9H2,1-2H3,(H,17,20)/t11-/m0/s1. The van der Waals surface area contributed by atoms with Gasteiger partial charge in [0.1, 0.15) is 0 Å². The van der Waals surface area contributed by atoms with Crippen molar-refractivity contribution in [3.05, 3.63) is 33.8 Å². The second-order valence-corrected chi connectivity index (χ2v) is 8.66. The van der Waals surface area contributed by atoms with Crippen molar-refractivity contribution in [2.75, 3.05) is 5.75 Å². The van der Waals surface area contributed by atoms with Gasteiger partial charge in [-0.15, -0.1) is 5.10 Å². The summed E-state index contributed by atoms with van der Waals surface area (Å²) in [6, 6.07) is 8.30. The van der Waals surface area contributed by atoms with Gasteiger partial charge < -0.3 is 5.32 Å². The number of rotatable bonds is 6. The number of para-hydroxylation sites is 1. The molecule has 0 unspecified atom stereocenters. The van der Waals surface area contributed by atoms with Gasteiger partial charge >= 0.3 is 0 Å². The minimum absolute atomic E-state index is 0.0676. The summed E-state index contributed by atoms with van der Waals surface area (Å²) in [5, 5.41) is 7.61. The molecule has 3 rings (SSSR count). The Bertz CT molecular complexity index is 764. The molecule has 1 aliphatic rings. The highest BCUT2D eigenvalue weighted by molar-refractivity contribution is 8.01. The van der Waals surface area contributed by atoms with Crippen LogP contribution in [0.3, 0.4) is 0 Å². The van der Waals surface area contributed by atoms with Gasteiger partial charge in [0.15, 0.2) is 8.29 Å². The van der Waals surface area contributed by atoms with E-state index in [1.54, 1.807) is 4.68 Å². The van der Waals surface area contributed by atoms with Crippen LogP contribution in [-0.2, 0) is 4.79 Å². The third-order valence-corrected chi connectivity index (χ3v) is 6.28. The fourth-order valence-corrected chi connectivity index (χ4v) is 4.57. The van der Waals surface area contributed by atoms with E-state index < -0.39 is 0 Å². The molecule has 0 radical (unpaired) electrons. The predicted molar refractivity (Wildman–Crippen MR) is 98.1 cm³/mol. The van der Waals surface area contributed by atoms with Gasteiger partial charge in [-0.05, 0) is 56.5 Å². The van der Waals surface area contributed by atoms with E-state index in [0.29, 0.717) is 15.6 Å². The lowest BCUT2D eigenvalue weighted by molar-refractivity contribution is -0.119. The maximum Gasteiger partial charge on any atom is 0.230 e. The molecule has 1 saturated carbocycles. The number of nitrogens with one attached hydrogen (secondary N) is 1. The third-order valence-electron chi connectivity index (χ3n) is 3.92. The SMILES string of the molecule is Cc1ccccc1-n1nc(SCC(=O)N[C@@H](C)C2CC2)sc1=S. The number of aromatic nitrogens is 2. The Morgan fingerprint density at radius 1 is 1.52 bits per heavy atom. The van der Waals surface area contributed by atoms with Crippen LogP contribution in [0.5, 0.6) is 0 Å². The molecule has 1 fully saturated rings. The van der Waals surface area contributed by atoms with Crippen molar-refractivity contribution in [1.29, 1.82) is 0 Å². The zero-order valence-corrected chi connectivity index (χ0v) is 15.6. The van der Waals surface area contributed by atoms with Crippen LogP contribution < -0.4 is 5.32 Å². The second kappa shape index (κ2) is 7.15. The van der Waals surface area contributed by atoms with Crippen LogP contribution in [0.4, 0.5) is 0 Å². The first-order valence-electron chi connectivity index (χ1n) is 7.63. The molecule has 0 bridgehead atoms. The molecule has 0 spiro atoms. The van der Waals surface area contributed by atoms with Crippen LogP contribution >= 0.6 is 35.3 Å². The van der Waals surface area contributed by atoms with Gasteiger partial charge in [0, 0.05) is 6.04 Å². The lowest BCUT2D eigenvalue weighted by Crippen LogP contribution is -2.35. The average Bonchev–Trinajstić information content (AvgIpc) is 3.30. The summed E-state index contributed by atoms with van der Waals surface area (Å²) in [7, 11) is 0. The lowest BCUT2D eigenvalue weighted by atomic mass is 10.2. The van der Waals surface area contributed by atoms with E-state index in [4.69, 9.17) is 12.2 Å². The smallest absolute Gasteiger partial charge is 0.230 e. The fourth-order valence-electron chi connectivity index (χ4n) is 2.41. The van der Waals surface area contributed by atoms with Crippen molar-refractivity contribution < 1.29 is 4.79 Å². The Morgan fingerprint density at radius 3 is 2.96 bits per heavy atom. The third kappa shape index (κ3) is 4.22. The summed E-state index contributed by atoms with van der Waals surface area (Å²) in [6.45, 7) is 4.12. The largest absolute Gasteiger partial charge is 0.353 e. The van der Waals surface area contributed by atoms with E-state index in [0.717, 1.165) is 15.6 Å². The summed E-state index contributed by atoms with van der Waals surface area (Å²) in [5.41, 5.74) is 2.12. The molecule has 0 aliphatic heterocycles. The monoisotopic (exact) mass is 365 g/mol. The van der Waals surface area contributed by atoms with E-state index in [1.165, 1.54) is 35.9 Å². The maximum absolute atomic E-state index is 12.0. The van der Waals surface area contributed by atoms with Crippen molar-refractivity contribution >= 4 is 41.2 Å². The van der Waals surface area contributed by atoms with E-state index >= 15 is 0 Å². The quantitative estimate of drug-likeness (QED) is 0.621. The maximum atomic E-state index is 12.0. The lowest BCUT2D eigenvalue weighted by Gasteiger charge is -2.11. The van der Waals surface area contributed by atoms with Crippen LogP contribution in [0.2, 0.25) is 0 Å². The zero-order valence-electron chi connectivity index (χ0n) is 13.1. The molecule has 122 valence electrons. The van der Waals surface area contributed by atoms with Crippen molar-refractivity contribution in [1.82, 2.24) is 15.1 Å². The number of carbonyl (C=O) groups excluding carboxylic acids is 1. The average molecular weight is 366 g/mol. The highest BCUT2D eigenvalue weighted by atomic mass is 32.2. The van der Waals surface area contributed by atoms with Crippen LogP contribution in [0.25, 0.3) is 5.69 Å². The Kier molecular flexibility index (Phi) is 5.18. The van der Waals surface area contributed by atoms with Crippen LogP contribution in [0, 0.1) is 16.8 Å². The van der Waals surface area contributed by atoms with Crippen LogP contribution in [-0.4, -0.2) is 27.5 Å². The van der Waals surface area contributed by atoms with Gasteiger partial charge in [-0.2, -0.15) is 0 Å². The van der Waals surface area contributed by atoms with Gasteiger partial charge in [0.25, 0.3) is 0 Å². The molecule has 1 aromatic heterocycles. The normalized spacial score (nSPS) is 15.4. The summed E-state index contributed by atoms with van der Waals surface area (Å²) in [5.74, 6) is 1.12. The highest BCUT2D eigenvalue weighted by Gasteiger charge is 2.28. The number of nitrogens with zero attached hydrogens (tertiary/aromatic N) is 2. The molecule has 2 aromatic rings. The molecule has 1 aliphatic carbocycles. The molecule has 1 N–H and O–H groups in total. The molecule has 7 heteroatoms. The van der Waals surface area contributed by atoms with Gasteiger partial charge in [0.2, 0.25) is 5.91 Å². The minimum Gasteiger partial charge on any atom is -0.353 e. The van der Waals surface area contributed by atoms with Crippen molar-refractivity contribution in [2.45, 2.75) is 37.1 Å². The first kappa shape index (κ1) is 16.7. The van der Waals surface area contributed by atoms with Crippen molar-refractivity contribution in [3.63, 3.8) is 0 Å². The first-order valence-corrected chi connectivity index (χ1v) is 9.84. The van der Waals surface area contributed by atoms with Crippen molar-refractivity contribution in [3.8, 4) is 5.69 Å². The van der Waals surface area contributed by atoms with E-state index in [2.05, 4.69) is 17.3 Å². The topological polar surface area (TPSA) is 46.9 Å². The van der Waals surface area contributed by atoms with Gasteiger partial charge in [-0.3, -0.25) is 4.79 Å². The number of aryl methyl sites for hydroxylation is 1. The highest BCUT2D eigenvalue weighted by Crippen LogP contribution is 2.32.